The number of benzene rings is 1. The second kappa shape index (κ2) is 5.13. The van der Waals surface area contributed by atoms with E-state index >= 15 is 0 Å². The van der Waals surface area contributed by atoms with Crippen LogP contribution >= 0.6 is 11.6 Å². The Morgan fingerprint density at radius 3 is 2.85 bits per heavy atom. The average molecular weight is 199 g/mol. The van der Waals surface area contributed by atoms with Crippen molar-refractivity contribution in [1.82, 2.24) is 0 Å². The van der Waals surface area contributed by atoms with Gasteiger partial charge in [-0.15, -0.1) is 11.6 Å². The van der Waals surface area contributed by atoms with E-state index in [-0.39, 0.29) is 5.38 Å². The van der Waals surface area contributed by atoms with E-state index in [1.807, 2.05) is 19.1 Å². The van der Waals surface area contributed by atoms with Crippen LogP contribution in [0.4, 0.5) is 0 Å². The summed E-state index contributed by atoms with van der Waals surface area (Å²) in [5.41, 5.74) is 1.28. The smallest absolute Gasteiger partial charge is 0.119 e. The van der Waals surface area contributed by atoms with Crippen molar-refractivity contribution in [3.05, 3.63) is 29.8 Å². The topological polar surface area (TPSA) is 9.23 Å². The monoisotopic (exact) mass is 198 g/mol. The average Bonchev–Trinajstić information content (AvgIpc) is 2.15. The number of hydrogen-bond acceptors (Lipinski definition) is 1. The van der Waals surface area contributed by atoms with E-state index in [2.05, 4.69) is 12.1 Å². The third-order valence-electron chi connectivity index (χ3n) is 1.96. The molecule has 1 aromatic carbocycles. The van der Waals surface area contributed by atoms with Gasteiger partial charge in [0.15, 0.2) is 0 Å². The van der Waals surface area contributed by atoms with Gasteiger partial charge in [-0.2, -0.15) is 0 Å². The van der Waals surface area contributed by atoms with Crippen molar-refractivity contribution in [1.29, 1.82) is 0 Å². The van der Waals surface area contributed by atoms with Gasteiger partial charge in [-0.05, 0) is 37.5 Å². The van der Waals surface area contributed by atoms with Crippen molar-refractivity contribution >= 4 is 11.6 Å². The van der Waals surface area contributed by atoms with Crippen LogP contribution in [0.3, 0.4) is 0 Å². The standard InChI is InChI=1S/C11H15ClO/c1-9(12)6-7-10-4-3-5-11(8-10)13-2/h3-5,8-9H,6-7H2,1-2H3. The molecule has 0 amide bonds. The molecule has 1 aromatic rings. The van der Waals surface area contributed by atoms with E-state index in [4.69, 9.17) is 16.3 Å². The molecule has 1 nitrogen and oxygen atoms in total. The highest BCUT2D eigenvalue weighted by atomic mass is 35.5. The molecule has 1 unspecified atom stereocenters. The molecule has 0 aliphatic heterocycles. The largest absolute Gasteiger partial charge is 0.497 e. The maximum atomic E-state index is 5.87. The Kier molecular flexibility index (Phi) is 4.10. The van der Waals surface area contributed by atoms with Gasteiger partial charge < -0.3 is 4.74 Å². The lowest BCUT2D eigenvalue weighted by molar-refractivity contribution is 0.414. The fourth-order valence-corrected chi connectivity index (χ4v) is 1.30. The van der Waals surface area contributed by atoms with E-state index < -0.39 is 0 Å². The first-order valence-electron chi connectivity index (χ1n) is 4.49. The summed E-state index contributed by atoms with van der Waals surface area (Å²) in [5, 5.41) is 0.242. The van der Waals surface area contributed by atoms with E-state index in [1.54, 1.807) is 7.11 Å². The Bertz CT molecular complexity index is 258. The molecule has 72 valence electrons. The molecule has 0 saturated heterocycles. The van der Waals surface area contributed by atoms with Gasteiger partial charge in [0, 0.05) is 5.38 Å². The van der Waals surface area contributed by atoms with Gasteiger partial charge in [-0.1, -0.05) is 12.1 Å². The molecular weight excluding hydrogens is 184 g/mol. The van der Waals surface area contributed by atoms with Crippen LogP contribution in [0.5, 0.6) is 5.75 Å². The molecule has 13 heavy (non-hydrogen) atoms. The van der Waals surface area contributed by atoms with Gasteiger partial charge in [0.1, 0.15) is 5.75 Å². The van der Waals surface area contributed by atoms with Crippen LogP contribution in [0.25, 0.3) is 0 Å². The minimum Gasteiger partial charge on any atom is -0.497 e. The van der Waals surface area contributed by atoms with Gasteiger partial charge in [0.25, 0.3) is 0 Å². The highest BCUT2D eigenvalue weighted by Gasteiger charge is 1.99. The lowest BCUT2D eigenvalue weighted by Gasteiger charge is -2.05. The summed E-state index contributed by atoms with van der Waals surface area (Å²) >= 11 is 5.87. The van der Waals surface area contributed by atoms with Gasteiger partial charge in [-0.3, -0.25) is 0 Å². The molecule has 0 radical (unpaired) electrons. The normalized spacial score (nSPS) is 12.5. The number of hydrogen-bond donors (Lipinski definition) is 0. The quantitative estimate of drug-likeness (QED) is 0.675. The van der Waals surface area contributed by atoms with Crippen LogP contribution in [0.15, 0.2) is 24.3 Å². The van der Waals surface area contributed by atoms with Crippen molar-refractivity contribution in [2.45, 2.75) is 25.1 Å². The summed E-state index contributed by atoms with van der Waals surface area (Å²) in [6, 6.07) is 8.11. The molecule has 0 aliphatic carbocycles. The van der Waals surface area contributed by atoms with E-state index in [0.29, 0.717) is 0 Å². The number of alkyl halides is 1. The Hall–Kier alpha value is -0.690. The lowest BCUT2D eigenvalue weighted by Crippen LogP contribution is -1.94. The van der Waals surface area contributed by atoms with Crippen molar-refractivity contribution in [2.75, 3.05) is 7.11 Å². The summed E-state index contributed by atoms with van der Waals surface area (Å²) in [7, 11) is 1.68. The van der Waals surface area contributed by atoms with Gasteiger partial charge in [-0.25, -0.2) is 0 Å². The molecule has 0 heterocycles. The summed E-state index contributed by atoms with van der Waals surface area (Å²) in [6.45, 7) is 2.02. The predicted molar refractivity (Wildman–Crippen MR) is 56.6 cm³/mol. The molecule has 0 aliphatic rings. The second-order valence-corrected chi connectivity index (χ2v) is 3.92. The van der Waals surface area contributed by atoms with Gasteiger partial charge in [0.2, 0.25) is 0 Å². The van der Waals surface area contributed by atoms with Gasteiger partial charge >= 0.3 is 0 Å². The molecule has 0 fully saturated rings. The fourth-order valence-electron chi connectivity index (χ4n) is 1.19. The zero-order valence-corrected chi connectivity index (χ0v) is 8.84. The van der Waals surface area contributed by atoms with Crippen LogP contribution in [-0.2, 0) is 6.42 Å². The number of rotatable bonds is 4. The SMILES string of the molecule is COc1cccc(CCC(C)Cl)c1. The van der Waals surface area contributed by atoms with Crippen molar-refractivity contribution in [3.63, 3.8) is 0 Å². The lowest BCUT2D eigenvalue weighted by atomic mass is 10.1. The second-order valence-electron chi connectivity index (χ2n) is 3.17. The molecule has 0 bridgehead atoms. The molecule has 0 spiro atoms. The van der Waals surface area contributed by atoms with E-state index in [0.717, 1.165) is 18.6 Å². The highest BCUT2D eigenvalue weighted by molar-refractivity contribution is 6.20. The first kappa shape index (κ1) is 10.4. The summed E-state index contributed by atoms with van der Waals surface area (Å²) < 4.78 is 5.13. The number of methoxy groups -OCH3 is 1. The Balaban J connectivity index is 2.56. The first-order chi connectivity index (χ1) is 6.22. The Morgan fingerprint density at radius 1 is 1.46 bits per heavy atom. The summed E-state index contributed by atoms with van der Waals surface area (Å²) in [5.74, 6) is 0.916. The van der Waals surface area contributed by atoms with E-state index in [9.17, 15) is 0 Å². The van der Waals surface area contributed by atoms with Crippen LogP contribution in [-0.4, -0.2) is 12.5 Å². The summed E-state index contributed by atoms with van der Waals surface area (Å²) in [4.78, 5) is 0. The van der Waals surface area contributed by atoms with Crippen molar-refractivity contribution in [2.24, 2.45) is 0 Å². The third-order valence-corrected chi connectivity index (χ3v) is 2.18. The van der Waals surface area contributed by atoms with Gasteiger partial charge in [0.05, 0.1) is 7.11 Å². The molecule has 0 saturated carbocycles. The minimum absolute atomic E-state index is 0.242. The Morgan fingerprint density at radius 2 is 2.23 bits per heavy atom. The molecule has 0 aromatic heterocycles. The zero-order valence-electron chi connectivity index (χ0n) is 8.09. The fraction of sp³-hybridized carbons (Fsp3) is 0.455. The maximum Gasteiger partial charge on any atom is 0.119 e. The summed E-state index contributed by atoms with van der Waals surface area (Å²) in [6.07, 6.45) is 2.02. The molecule has 1 atom stereocenters. The van der Waals surface area contributed by atoms with Crippen LogP contribution in [0.2, 0.25) is 0 Å². The predicted octanol–water partition coefficient (Wildman–Crippen LogP) is 3.26. The number of ether oxygens (including phenoxy) is 1. The number of halogens is 1. The van der Waals surface area contributed by atoms with E-state index in [1.165, 1.54) is 5.56 Å². The first-order valence-corrected chi connectivity index (χ1v) is 4.93. The van der Waals surface area contributed by atoms with Crippen LogP contribution in [0.1, 0.15) is 18.9 Å². The van der Waals surface area contributed by atoms with Crippen LogP contribution < -0.4 is 4.74 Å². The maximum absolute atomic E-state index is 5.87. The van der Waals surface area contributed by atoms with Crippen LogP contribution in [0, 0.1) is 0 Å². The van der Waals surface area contributed by atoms with Crippen molar-refractivity contribution in [3.8, 4) is 5.75 Å². The molecule has 1 rings (SSSR count). The molecule has 2 heteroatoms. The number of aryl methyl sites for hydroxylation is 1. The molecule has 0 N–H and O–H groups in total. The third kappa shape index (κ3) is 3.69. The highest BCUT2D eigenvalue weighted by Crippen LogP contribution is 2.15. The molecular formula is C11H15ClO. The minimum atomic E-state index is 0.242. The zero-order chi connectivity index (χ0) is 9.68. The Labute approximate surface area is 84.7 Å². The van der Waals surface area contributed by atoms with Crippen molar-refractivity contribution < 1.29 is 4.74 Å².